The van der Waals surface area contributed by atoms with Crippen LogP contribution in [0.2, 0.25) is 10.0 Å². The van der Waals surface area contributed by atoms with Gasteiger partial charge in [0.2, 0.25) is 5.91 Å². The lowest BCUT2D eigenvalue weighted by atomic mass is 10.2. The van der Waals surface area contributed by atoms with Crippen molar-refractivity contribution in [1.82, 2.24) is 9.88 Å². The maximum Gasteiger partial charge on any atom is 0.267 e. The fraction of sp³-hybridized carbons (Fsp3) is 0.211. The number of hydrogen-bond donors (Lipinski definition) is 2. The Morgan fingerprint density at radius 3 is 2.79 bits per heavy atom. The average Bonchev–Trinajstić information content (AvgIpc) is 3.34. The lowest BCUT2D eigenvalue weighted by molar-refractivity contribution is -0.117. The van der Waals surface area contributed by atoms with Gasteiger partial charge in [-0.05, 0) is 29.6 Å². The van der Waals surface area contributed by atoms with Crippen LogP contribution in [0.4, 0.5) is 10.8 Å². The van der Waals surface area contributed by atoms with Crippen LogP contribution in [0.3, 0.4) is 0 Å². The number of halogens is 2. The van der Waals surface area contributed by atoms with E-state index in [1.807, 2.05) is 11.4 Å². The summed E-state index contributed by atoms with van der Waals surface area (Å²) < 4.78 is 0. The third kappa shape index (κ3) is 4.96. The fourth-order valence-electron chi connectivity index (χ4n) is 2.98. The van der Waals surface area contributed by atoms with Gasteiger partial charge < -0.3 is 5.32 Å². The van der Waals surface area contributed by atoms with Crippen molar-refractivity contribution in [3.05, 3.63) is 61.2 Å². The summed E-state index contributed by atoms with van der Waals surface area (Å²) >= 11 is 14.7. The smallest absolute Gasteiger partial charge is 0.267 e. The number of rotatable bonds is 5. The molecule has 2 aromatic heterocycles. The summed E-state index contributed by atoms with van der Waals surface area (Å²) in [6.07, 6.45) is 0.737. The zero-order valence-corrected chi connectivity index (χ0v) is 18.2. The summed E-state index contributed by atoms with van der Waals surface area (Å²) in [6, 6.07) is 8.61. The molecule has 150 valence electrons. The zero-order chi connectivity index (χ0) is 20.4. The first kappa shape index (κ1) is 20.3. The molecule has 10 heteroatoms. The number of anilines is 2. The van der Waals surface area contributed by atoms with E-state index in [0.29, 0.717) is 32.3 Å². The number of aromatic nitrogens is 1. The average molecular weight is 467 g/mol. The highest BCUT2D eigenvalue weighted by Crippen LogP contribution is 2.29. The summed E-state index contributed by atoms with van der Waals surface area (Å²) in [4.78, 5) is 32.9. The molecule has 29 heavy (non-hydrogen) atoms. The van der Waals surface area contributed by atoms with Gasteiger partial charge in [-0.3, -0.25) is 19.8 Å². The maximum atomic E-state index is 12.4. The normalized spacial score (nSPS) is 13.7. The van der Waals surface area contributed by atoms with Crippen molar-refractivity contribution >= 4 is 68.5 Å². The second-order valence-corrected chi connectivity index (χ2v) is 9.30. The summed E-state index contributed by atoms with van der Waals surface area (Å²) in [5.74, 6) is -0.272. The molecule has 3 heterocycles. The minimum atomic E-state index is -0.149. The first-order valence-corrected chi connectivity index (χ1v) is 11.2. The number of thiophene rings is 1. The summed E-state index contributed by atoms with van der Waals surface area (Å²) in [5, 5.41) is 8.99. The standard InChI is InChI=1S/C19H16Cl2N4O2S2/c20-12-4-3-11(8-13(12)21)22-17(26)10-25-6-5-14-16(9-25)29-19(23-14)24-18(27)15-2-1-7-28-15/h1-4,7-8H,5-6,9-10H2,(H,22,26)(H,23,24,27). The molecule has 0 aliphatic carbocycles. The van der Waals surface area contributed by atoms with Crippen LogP contribution in [-0.4, -0.2) is 34.8 Å². The number of carbonyl (C=O) groups excluding carboxylic acids is 2. The molecule has 6 nitrogen and oxygen atoms in total. The quantitative estimate of drug-likeness (QED) is 0.568. The van der Waals surface area contributed by atoms with E-state index in [1.165, 1.54) is 22.7 Å². The van der Waals surface area contributed by atoms with E-state index < -0.39 is 0 Å². The number of hydrogen-bond acceptors (Lipinski definition) is 6. The van der Waals surface area contributed by atoms with E-state index in [1.54, 1.807) is 24.3 Å². The molecule has 0 radical (unpaired) electrons. The Labute approximate surface area is 185 Å². The Morgan fingerprint density at radius 2 is 2.03 bits per heavy atom. The molecular weight excluding hydrogens is 451 g/mol. The van der Waals surface area contributed by atoms with Gasteiger partial charge in [-0.1, -0.05) is 29.3 Å². The SMILES string of the molecule is O=C(CN1CCc2nc(NC(=O)c3cccs3)sc2C1)Nc1ccc(Cl)c(Cl)c1. The van der Waals surface area contributed by atoms with Crippen molar-refractivity contribution in [3.63, 3.8) is 0 Å². The van der Waals surface area contributed by atoms with E-state index in [9.17, 15) is 9.59 Å². The van der Waals surface area contributed by atoms with Crippen LogP contribution in [0.1, 0.15) is 20.2 Å². The Morgan fingerprint density at radius 1 is 1.17 bits per heavy atom. The predicted molar refractivity (Wildman–Crippen MR) is 118 cm³/mol. The van der Waals surface area contributed by atoms with Gasteiger partial charge in [-0.25, -0.2) is 4.98 Å². The van der Waals surface area contributed by atoms with E-state index in [0.717, 1.165) is 23.5 Å². The van der Waals surface area contributed by atoms with Crippen LogP contribution >= 0.6 is 45.9 Å². The number of thiazole rings is 1. The number of benzene rings is 1. The predicted octanol–water partition coefficient (Wildman–Crippen LogP) is 4.76. The fourth-order valence-corrected chi connectivity index (χ4v) is 4.94. The third-order valence-electron chi connectivity index (χ3n) is 4.35. The second kappa shape index (κ2) is 8.81. The number of carbonyl (C=O) groups is 2. The molecular formula is C19H16Cl2N4O2S2. The van der Waals surface area contributed by atoms with Crippen LogP contribution in [0.15, 0.2) is 35.7 Å². The summed E-state index contributed by atoms with van der Waals surface area (Å²) in [5.41, 5.74) is 1.59. The Bertz CT molecular complexity index is 1050. The lowest BCUT2D eigenvalue weighted by Gasteiger charge is -2.25. The molecule has 2 amide bonds. The van der Waals surface area contributed by atoms with E-state index in [2.05, 4.69) is 20.5 Å². The molecule has 0 bridgehead atoms. The molecule has 0 saturated heterocycles. The summed E-state index contributed by atoms with van der Waals surface area (Å²) in [6.45, 7) is 1.61. The first-order chi connectivity index (χ1) is 14.0. The van der Waals surface area contributed by atoms with Crippen molar-refractivity contribution in [1.29, 1.82) is 0 Å². The van der Waals surface area contributed by atoms with Crippen molar-refractivity contribution in [2.24, 2.45) is 0 Å². The van der Waals surface area contributed by atoms with Crippen molar-refractivity contribution < 1.29 is 9.59 Å². The molecule has 0 spiro atoms. The Balaban J connectivity index is 1.34. The first-order valence-electron chi connectivity index (χ1n) is 8.78. The number of fused-ring (bicyclic) bond motifs is 1. The van der Waals surface area contributed by atoms with Gasteiger partial charge in [-0.2, -0.15) is 0 Å². The molecule has 2 N–H and O–H groups in total. The minimum Gasteiger partial charge on any atom is -0.325 e. The maximum absolute atomic E-state index is 12.4. The monoisotopic (exact) mass is 466 g/mol. The van der Waals surface area contributed by atoms with Crippen LogP contribution in [0, 0.1) is 0 Å². The van der Waals surface area contributed by atoms with Crippen LogP contribution < -0.4 is 10.6 Å². The zero-order valence-electron chi connectivity index (χ0n) is 15.1. The van der Waals surface area contributed by atoms with E-state index >= 15 is 0 Å². The third-order valence-corrected chi connectivity index (χ3v) is 6.95. The highest BCUT2D eigenvalue weighted by molar-refractivity contribution is 7.16. The molecule has 0 atom stereocenters. The lowest BCUT2D eigenvalue weighted by Crippen LogP contribution is -2.36. The van der Waals surface area contributed by atoms with Gasteiger partial charge in [0.05, 0.1) is 27.2 Å². The molecule has 1 aliphatic rings. The Hall–Kier alpha value is -1.97. The van der Waals surface area contributed by atoms with E-state index in [-0.39, 0.29) is 18.4 Å². The van der Waals surface area contributed by atoms with Gasteiger partial charge in [0.25, 0.3) is 5.91 Å². The Kier molecular flexibility index (Phi) is 6.17. The molecule has 4 rings (SSSR count). The van der Waals surface area contributed by atoms with Crippen LogP contribution in [-0.2, 0) is 17.8 Å². The van der Waals surface area contributed by atoms with Crippen molar-refractivity contribution in [3.8, 4) is 0 Å². The number of amides is 2. The highest BCUT2D eigenvalue weighted by Gasteiger charge is 2.23. The number of nitrogens with one attached hydrogen (secondary N) is 2. The topological polar surface area (TPSA) is 74.3 Å². The van der Waals surface area contributed by atoms with E-state index in [4.69, 9.17) is 23.2 Å². The number of nitrogens with zero attached hydrogens (tertiary/aromatic N) is 2. The second-order valence-electron chi connectivity index (χ2n) is 6.46. The van der Waals surface area contributed by atoms with Crippen LogP contribution in [0.5, 0.6) is 0 Å². The van der Waals surface area contributed by atoms with Gasteiger partial charge in [0.1, 0.15) is 0 Å². The molecule has 3 aromatic rings. The molecule has 1 aliphatic heterocycles. The van der Waals surface area contributed by atoms with Gasteiger partial charge >= 0.3 is 0 Å². The molecule has 1 aromatic carbocycles. The van der Waals surface area contributed by atoms with Gasteiger partial charge in [0, 0.05) is 30.1 Å². The van der Waals surface area contributed by atoms with Crippen molar-refractivity contribution in [2.75, 3.05) is 23.7 Å². The summed E-state index contributed by atoms with van der Waals surface area (Å²) in [7, 11) is 0. The molecule has 0 unspecified atom stereocenters. The van der Waals surface area contributed by atoms with Crippen LogP contribution in [0.25, 0.3) is 0 Å². The minimum absolute atomic E-state index is 0.123. The van der Waals surface area contributed by atoms with Gasteiger partial charge in [0.15, 0.2) is 5.13 Å². The highest BCUT2D eigenvalue weighted by atomic mass is 35.5. The van der Waals surface area contributed by atoms with Crippen molar-refractivity contribution in [2.45, 2.75) is 13.0 Å². The molecule has 0 fully saturated rings. The largest absolute Gasteiger partial charge is 0.325 e. The molecule has 0 saturated carbocycles. The van der Waals surface area contributed by atoms with Gasteiger partial charge in [-0.15, -0.1) is 22.7 Å².